The molecule has 1 aliphatic rings. The fraction of sp³-hybridized carbons (Fsp3) is 0.226. The zero-order chi connectivity index (χ0) is 33.0. The molecule has 45 heavy (non-hydrogen) atoms. The summed E-state index contributed by atoms with van der Waals surface area (Å²) < 4.78 is 5.82. The summed E-state index contributed by atoms with van der Waals surface area (Å²) >= 11 is 8.65. The normalized spacial score (nSPS) is 13.3. The maximum Gasteiger partial charge on any atom is 0.316 e. The molecule has 1 saturated carbocycles. The second-order valence-electron chi connectivity index (χ2n) is 9.01. The molecule has 236 valence electrons. The molecule has 2 aromatic heterocycles. The van der Waals surface area contributed by atoms with Gasteiger partial charge < -0.3 is 4.74 Å². The molecule has 1 aliphatic carbocycles. The molecule has 4 aromatic rings. The van der Waals surface area contributed by atoms with Crippen molar-refractivity contribution in [2.75, 3.05) is 6.61 Å². The number of ketones is 1. The molecule has 0 radical (unpaired) electrons. The van der Waals surface area contributed by atoms with Gasteiger partial charge in [0.05, 0.1) is 16.5 Å². The molecule has 2 heterocycles. The fourth-order valence-electron chi connectivity index (χ4n) is 3.63. The molecule has 0 amide bonds. The average Bonchev–Trinajstić information content (AvgIpc) is 3.03. The van der Waals surface area contributed by atoms with Gasteiger partial charge in [0.15, 0.2) is 0 Å². The molecule has 0 aliphatic heterocycles. The van der Waals surface area contributed by atoms with Crippen molar-refractivity contribution in [1.82, 2.24) is 9.97 Å². The Morgan fingerprint density at radius 1 is 0.933 bits per heavy atom. The van der Waals surface area contributed by atoms with Crippen LogP contribution in [0.5, 0.6) is 0 Å². The van der Waals surface area contributed by atoms with Crippen LogP contribution in [-0.4, -0.2) is 38.2 Å². The third-order valence-electron chi connectivity index (χ3n) is 5.69. The Morgan fingerprint density at radius 3 is 2.04 bits per heavy atom. The van der Waals surface area contributed by atoms with Crippen LogP contribution in [0.3, 0.4) is 0 Å². The van der Waals surface area contributed by atoms with E-state index in [1.54, 1.807) is 56.0 Å². The Balaban J connectivity index is 0.000000218. The topological polar surface area (TPSA) is 155 Å². The summed E-state index contributed by atoms with van der Waals surface area (Å²) in [5.41, 5.74) is 0.182. The summed E-state index contributed by atoms with van der Waals surface area (Å²) in [6.45, 7) is 2.12. The highest BCUT2D eigenvalue weighted by Crippen LogP contribution is 2.29. The molecular formula is C31H31BrN4O7S2. The number of carbonyl (C=O) groups is 2. The molecular weight excluding hydrogens is 684 g/mol. The van der Waals surface area contributed by atoms with Crippen LogP contribution >= 0.6 is 40.3 Å². The smallest absolute Gasteiger partial charge is 0.316 e. The average molecular weight is 716 g/mol. The van der Waals surface area contributed by atoms with Crippen LogP contribution in [0.1, 0.15) is 32.6 Å². The van der Waals surface area contributed by atoms with Crippen molar-refractivity contribution in [2.24, 2.45) is 5.92 Å². The lowest BCUT2D eigenvalue weighted by Crippen LogP contribution is -2.28. The van der Waals surface area contributed by atoms with E-state index < -0.39 is 15.8 Å². The van der Waals surface area contributed by atoms with Gasteiger partial charge in [0.2, 0.25) is 0 Å². The van der Waals surface area contributed by atoms with E-state index in [-0.39, 0.29) is 23.1 Å². The highest BCUT2D eigenvalue weighted by atomic mass is 79.9. The van der Waals surface area contributed by atoms with Gasteiger partial charge in [-0.1, -0.05) is 30.3 Å². The third-order valence-corrected chi connectivity index (χ3v) is 7.40. The van der Waals surface area contributed by atoms with E-state index in [0.717, 1.165) is 27.1 Å². The van der Waals surface area contributed by atoms with E-state index in [9.17, 15) is 29.8 Å². The Kier molecular flexibility index (Phi) is 17.1. The third kappa shape index (κ3) is 14.9. The molecule has 0 bridgehead atoms. The minimum absolute atomic E-state index is 0.0553. The number of halogens is 1. The van der Waals surface area contributed by atoms with Gasteiger partial charge in [0.1, 0.15) is 11.7 Å². The molecule has 1 atom stereocenters. The van der Waals surface area contributed by atoms with Crippen LogP contribution in [0.4, 0.5) is 11.4 Å². The van der Waals surface area contributed by atoms with E-state index >= 15 is 0 Å². The molecule has 2 aromatic carbocycles. The Bertz CT molecular complexity index is 1530. The maximum absolute atomic E-state index is 11.2. The molecule has 0 N–H and O–H groups in total. The van der Waals surface area contributed by atoms with Crippen molar-refractivity contribution in [3.8, 4) is 0 Å². The first-order chi connectivity index (χ1) is 21.6. The first-order valence-electron chi connectivity index (χ1n) is 13.6. The standard InChI is InChI=1S/C11H8N2O2S.C9H14O3.C6H5NO2S.C5H4BrN/c14-13(15)9-3-1-4-10(7-9)16-11-5-2-6-12-8-11;1-2-12-9(11)7-5-3-4-6-8(7)10;8-7(9)5-2-1-3-6(10)4-5;6-5-2-1-3-7-4-5/h1-8H;7H,2-6H2,1H3;1-4,10H;1-4H. The van der Waals surface area contributed by atoms with Crippen LogP contribution in [0.25, 0.3) is 0 Å². The SMILES string of the molecule is Brc1cccnc1.CCOC(=O)C1CCCCC1=O.O=[N+]([O-])c1cccc(S)c1.O=[N+]([O-])c1cccc(Sc2cccnc2)c1. The van der Waals surface area contributed by atoms with Crippen LogP contribution in [0.15, 0.2) is 117 Å². The molecule has 1 unspecified atom stereocenters. The number of carbonyl (C=O) groups excluding carboxylic acids is 2. The Labute approximate surface area is 278 Å². The number of thiol groups is 1. The lowest BCUT2D eigenvalue weighted by Gasteiger charge is -2.18. The summed E-state index contributed by atoms with van der Waals surface area (Å²) in [5, 5.41) is 20.7. The number of hydrogen-bond acceptors (Lipinski definition) is 11. The van der Waals surface area contributed by atoms with E-state index in [4.69, 9.17) is 4.74 Å². The summed E-state index contributed by atoms with van der Waals surface area (Å²) in [6, 6.07) is 20.2. The van der Waals surface area contributed by atoms with E-state index in [2.05, 4.69) is 38.5 Å². The largest absolute Gasteiger partial charge is 0.465 e. The number of esters is 1. The summed E-state index contributed by atoms with van der Waals surface area (Å²) in [4.78, 5) is 52.5. The monoisotopic (exact) mass is 714 g/mol. The van der Waals surface area contributed by atoms with Gasteiger partial charge in [0, 0.05) is 74.6 Å². The maximum atomic E-state index is 11.2. The molecule has 11 nitrogen and oxygen atoms in total. The van der Waals surface area contributed by atoms with Crippen molar-refractivity contribution in [3.05, 3.63) is 122 Å². The Hall–Kier alpha value is -4.14. The van der Waals surface area contributed by atoms with Gasteiger partial charge in [-0.05, 0) is 72.1 Å². The fourth-order valence-corrected chi connectivity index (χ4v) is 4.98. The first kappa shape index (κ1) is 37.0. The van der Waals surface area contributed by atoms with E-state index in [1.165, 1.54) is 30.0 Å². The number of nitro benzene ring substituents is 2. The van der Waals surface area contributed by atoms with Gasteiger partial charge >= 0.3 is 5.97 Å². The number of Topliss-reactive ketones (excluding diaryl/α,β-unsaturated/α-hetero) is 1. The van der Waals surface area contributed by atoms with Gasteiger partial charge in [-0.2, -0.15) is 0 Å². The van der Waals surface area contributed by atoms with Crippen LogP contribution in [-0.2, 0) is 14.3 Å². The minimum atomic E-state index is -0.460. The van der Waals surface area contributed by atoms with Gasteiger partial charge in [-0.3, -0.25) is 39.8 Å². The van der Waals surface area contributed by atoms with Crippen LogP contribution in [0, 0.1) is 26.1 Å². The number of nitro groups is 2. The van der Waals surface area contributed by atoms with Crippen molar-refractivity contribution >= 4 is 63.4 Å². The number of ether oxygens (including phenoxy) is 1. The number of aromatic nitrogens is 2. The second-order valence-corrected chi connectivity index (χ2v) is 11.6. The lowest BCUT2D eigenvalue weighted by molar-refractivity contribution is -0.385. The highest BCUT2D eigenvalue weighted by Gasteiger charge is 2.29. The first-order valence-corrected chi connectivity index (χ1v) is 15.7. The number of hydrogen-bond donors (Lipinski definition) is 1. The van der Waals surface area contributed by atoms with Crippen molar-refractivity contribution < 1.29 is 24.2 Å². The molecule has 0 saturated heterocycles. The molecule has 0 spiro atoms. The summed E-state index contributed by atoms with van der Waals surface area (Å²) in [5.74, 6) is -0.736. The van der Waals surface area contributed by atoms with Crippen molar-refractivity contribution in [3.63, 3.8) is 0 Å². The minimum Gasteiger partial charge on any atom is -0.465 e. The van der Waals surface area contributed by atoms with Gasteiger partial charge in [-0.15, -0.1) is 12.6 Å². The second kappa shape index (κ2) is 20.7. The van der Waals surface area contributed by atoms with Crippen molar-refractivity contribution in [2.45, 2.75) is 47.3 Å². The van der Waals surface area contributed by atoms with Gasteiger partial charge in [0.25, 0.3) is 11.4 Å². The number of nitrogens with zero attached hydrogens (tertiary/aromatic N) is 4. The summed E-state index contributed by atoms with van der Waals surface area (Å²) in [6.07, 6.45) is 10.0. The zero-order valence-electron chi connectivity index (χ0n) is 24.2. The predicted octanol–water partition coefficient (Wildman–Crippen LogP) is 8.18. The number of benzene rings is 2. The zero-order valence-corrected chi connectivity index (χ0v) is 27.5. The van der Waals surface area contributed by atoms with Gasteiger partial charge in [-0.25, -0.2) is 0 Å². The quantitative estimate of drug-likeness (QED) is 0.0679. The Morgan fingerprint density at radius 2 is 1.56 bits per heavy atom. The number of pyridine rings is 2. The van der Waals surface area contributed by atoms with E-state index in [1.807, 2.05) is 30.3 Å². The van der Waals surface area contributed by atoms with Crippen LogP contribution in [0.2, 0.25) is 0 Å². The lowest BCUT2D eigenvalue weighted by atomic mass is 9.88. The molecule has 5 rings (SSSR count). The van der Waals surface area contributed by atoms with E-state index in [0.29, 0.717) is 24.3 Å². The predicted molar refractivity (Wildman–Crippen MR) is 177 cm³/mol. The highest BCUT2D eigenvalue weighted by molar-refractivity contribution is 9.10. The van der Waals surface area contributed by atoms with Crippen molar-refractivity contribution in [1.29, 1.82) is 0 Å². The summed E-state index contributed by atoms with van der Waals surface area (Å²) in [7, 11) is 0. The molecule has 1 fully saturated rings. The van der Waals surface area contributed by atoms with Crippen LogP contribution < -0.4 is 0 Å². The number of non-ortho nitro benzene ring substituents is 2. The molecule has 14 heteroatoms. The number of rotatable bonds is 6.